The highest BCUT2D eigenvalue weighted by molar-refractivity contribution is 6.82. The van der Waals surface area contributed by atoms with Crippen LogP contribution in [0.15, 0.2) is 85.5 Å². The molecule has 0 aliphatic carbocycles. The smallest absolute Gasteiger partial charge is 0.171 e. The number of nitrogens with zero attached hydrogens (tertiary/aromatic N) is 7. The molecule has 0 amide bonds. The number of rotatable bonds is 8. The Kier molecular flexibility index (Phi) is 9.87. The van der Waals surface area contributed by atoms with Gasteiger partial charge in [0.25, 0.3) is 0 Å². The molecule has 10 nitrogen and oxygen atoms in total. The van der Waals surface area contributed by atoms with Crippen molar-refractivity contribution >= 4 is 41.6 Å². The van der Waals surface area contributed by atoms with E-state index >= 15 is 0 Å². The van der Waals surface area contributed by atoms with Crippen LogP contribution in [-0.4, -0.2) is 56.4 Å². The zero-order valence-electron chi connectivity index (χ0n) is 34.8. The van der Waals surface area contributed by atoms with Crippen LogP contribution in [0.2, 0.25) is 16.6 Å². The molecule has 11 heteroatoms. The summed E-state index contributed by atoms with van der Waals surface area (Å²) < 4.78 is 6.91. The highest BCUT2D eigenvalue weighted by Crippen LogP contribution is 2.44. The first-order valence-corrected chi connectivity index (χ1v) is 21.9. The van der Waals surface area contributed by atoms with Gasteiger partial charge in [-0.3, -0.25) is 8.80 Å². The van der Waals surface area contributed by atoms with Gasteiger partial charge in [-0.1, -0.05) is 90.1 Å². The number of imidazole rings is 2. The predicted molar refractivity (Wildman–Crippen MR) is 231 cm³/mol. The first kappa shape index (κ1) is 39.1. The topological polar surface area (TPSA) is 122 Å². The largest absolute Gasteiger partial charge is 0.386 e. The van der Waals surface area contributed by atoms with E-state index in [1.807, 2.05) is 80.1 Å². The van der Waals surface area contributed by atoms with Gasteiger partial charge in [-0.15, -0.1) is 0 Å². The van der Waals surface area contributed by atoms with Crippen LogP contribution >= 0.6 is 0 Å². The van der Waals surface area contributed by atoms with E-state index in [1.165, 1.54) is 0 Å². The van der Waals surface area contributed by atoms with E-state index in [2.05, 4.69) is 83.7 Å². The third kappa shape index (κ3) is 6.45. The lowest BCUT2D eigenvalue weighted by molar-refractivity contribution is 0.0780. The molecule has 56 heavy (non-hydrogen) atoms. The van der Waals surface area contributed by atoms with Gasteiger partial charge in [0, 0.05) is 17.3 Å². The van der Waals surface area contributed by atoms with Crippen molar-refractivity contribution in [1.82, 2.24) is 38.0 Å². The number of hydrogen-bond acceptors (Lipinski definition) is 6. The molecule has 0 saturated heterocycles. The second-order valence-electron chi connectivity index (χ2n) is 17.2. The SMILES string of the molecule is Cc1nc(-c2ccc(C(C)(C)O)cc2)c2cnc3[nH]ccc3n12.Cc1nc(-c2ccc(C(C)(C)O)cc2)c2cnc3c(ccn3[Si](C(C)C)(C(C)C)C(C)C)n12. The van der Waals surface area contributed by atoms with Gasteiger partial charge in [0.15, 0.2) is 13.9 Å². The quantitative estimate of drug-likeness (QED) is 0.132. The Morgan fingerprint density at radius 3 is 1.48 bits per heavy atom. The standard InChI is InChI=1S/C27H38N4OSi.C18H18N4O/c1-17(2)33(18(3)4,19(5)6)30-15-14-23-26(30)28-16-24-25(29-20(7)31(23)24)21-10-12-22(13-11-21)27(8,9)32;1-11-21-16(12-4-6-13(7-5-12)18(2,3)23)15-10-20-17-14(22(11)15)8-9-19-17/h10-19,32H,1-9H3;4-10,19,23H,1-3H3. The molecule has 2 aromatic carbocycles. The zero-order valence-corrected chi connectivity index (χ0v) is 35.8. The average molecular weight is 769 g/mol. The number of aromatic amines is 1. The second kappa shape index (κ2) is 14.1. The molecule has 6 heterocycles. The van der Waals surface area contributed by atoms with Crippen molar-refractivity contribution in [3.63, 3.8) is 0 Å². The Balaban J connectivity index is 0.000000182. The summed E-state index contributed by atoms with van der Waals surface area (Å²) in [7, 11) is -1.91. The Bertz CT molecular complexity index is 2640. The molecule has 0 spiro atoms. The minimum Gasteiger partial charge on any atom is -0.386 e. The van der Waals surface area contributed by atoms with E-state index < -0.39 is 19.4 Å². The molecule has 0 aliphatic rings. The van der Waals surface area contributed by atoms with Gasteiger partial charge in [-0.25, -0.2) is 19.9 Å². The number of benzene rings is 2. The lowest BCUT2D eigenvalue weighted by Gasteiger charge is -2.44. The van der Waals surface area contributed by atoms with Crippen LogP contribution in [0.5, 0.6) is 0 Å². The summed E-state index contributed by atoms with van der Waals surface area (Å²) in [4.78, 5) is 22.3. The van der Waals surface area contributed by atoms with Gasteiger partial charge in [-0.2, -0.15) is 0 Å². The Morgan fingerprint density at radius 1 is 0.589 bits per heavy atom. The van der Waals surface area contributed by atoms with E-state index in [1.54, 1.807) is 27.7 Å². The maximum atomic E-state index is 10.3. The minimum absolute atomic E-state index is 0.597. The van der Waals surface area contributed by atoms with Gasteiger partial charge in [-0.05, 0) is 87.6 Å². The summed E-state index contributed by atoms with van der Waals surface area (Å²) >= 11 is 0. The molecule has 3 N–H and O–H groups in total. The lowest BCUT2D eigenvalue weighted by atomic mass is 9.97. The molecule has 0 aliphatic heterocycles. The molecule has 292 valence electrons. The highest BCUT2D eigenvalue weighted by Gasteiger charge is 2.46. The summed E-state index contributed by atoms with van der Waals surface area (Å²) in [5.41, 5.74) is 11.8. The van der Waals surface area contributed by atoms with Crippen molar-refractivity contribution in [2.24, 2.45) is 0 Å². The fraction of sp³-hybridized carbons (Fsp3) is 0.378. The van der Waals surface area contributed by atoms with Crippen molar-refractivity contribution < 1.29 is 10.2 Å². The van der Waals surface area contributed by atoms with E-state index in [0.29, 0.717) is 16.6 Å². The van der Waals surface area contributed by atoms with Crippen LogP contribution in [0.25, 0.3) is 55.9 Å². The van der Waals surface area contributed by atoms with Crippen molar-refractivity contribution in [2.75, 3.05) is 0 Å². The fourth-order valence-corrected chi connectivity index (χ4v) is 15.7. The van der Waals surface area contributed by atoms with Crippen molar-refractivity contribution in [1.29, 1.82) is 0 Å². The zero-order chi connectivity index (χ0) is 40.5. The summed E-state index contributed by atoms with van der Waals surface area (Å²) in [5.74, 6) is 1.89. The van der Waals surface area contributed by atoms with Crippen LogP contribution in [0, 0.1) is 13.8 Å². The lowest BCUT2D eigenvalue weighted by Crippen LogP contribution is -2.51. The van der Waals surface area contributed by atoms with E-state index in [4.69, 9.17) is 15.0 Å². The van der Waals surface area contributed by atoms with E-state index in [-0.39, 0.29) is 0 Å². The highest BCUT2D eigenvalue weighted by atomic mass is 28.3. The van der Waals surface area contributed by atoms with Crippen LogP contribution in [0.4, 0.5) is 0 Å². The third-order valence-electron chi connectivity index (χ3n) is 11.7. The minimum atomic E-state index is -1.91. The average Bonchev–Trinajstić information content (AvgIpc) is 3.92. The predicted octanol–water partition coefficient (Wildman–Crippen LogP) is 10.3. The molecular weight excluding hydrogens is 713 g/mol. The molecule has 0 bridgehead atoms. The maximum Gasteiger partial charge on any atom is 0.171 e. The first-order valence-electron chi connectivity index (χ1n) is 19.7. The number of aryl methyl sites for hydroxylation is 2. The van der Waals surface area contributed by atoms with Crippen LogP contribution in [0.3, 0.4) is 0 Å². The first-order chi connectivity index (χ1) is 26.3. The summed E-state index contributed by atoms with van der Waals surface area (Å²) in [6, 6.07) is 20.1. The van der Waals surface area contributed by atoms with Gasteiger partial charge in [0.1, 0.15) is 17.3 Å². The maximum absolute atomic E-state index is 10.3. The van der Waals surface area contributed by atoms with E-state index in [0.717, 1.165) is 78.7 Å². The normalized spacial score (nSPS) is 12.9. The van der Waals surface area contributed by atoms with Gasteiger partial charge >= 0.3 is 0 Å². The Morgan fingerprint density at radius 2 is 1.04 bits per heavy atom. The molecule has 0 saturated carbocycles. The third-order valence-corrected chi connectivity index (χ3v) is 18.5. The fourth-order valence-electron chi connectivity index (χ4n) is 9.19. The number of fused-ring (bicyclic) bond motifs is 6. The van der Waals surface area contributed by atoms with E-state index in [9.17, 15) is 10.2 Å². The van der Waals surface area contributed by atoms with Crippen molar-refractivity contribution in [3.05, 3.63) is 108 Å². The number of nitrogens with one attached hydrogen (secondary N) is 1. The van der Waals surface area contributed by atoms with Crippen molar-refractivity contribution in [3.8, 4) is 22.5 Å². The molecule has 8 aromatic rings. The number of aliphatic hydroxyl groups is 2. The van der Waals surface area contributed by atoms with Gasteiger partial charge in [0.2, 0.25) is 0 Å². The van der Waals surface area contributed by atoms with Crippen molar-refractivity contribution in [2.45, 2.75) is 111 Å². The summed E-state index contributed by atoms with van der Waals surface area (Å²) in [6.45, 7) is 25.5. The molecule has 6 aromatic heterocycles. The second-order valence-corrected chi connectivity index (χ2v) is 22.9. The molecular formula is C45H56N8O2Si. The van der Waals surface area contributed by atoms with Gasteiger partial charge in [0.05, 0.1) is 57.1 Å². The molecule has 0 fully saturated rings. The Labute approximate surface area is 330 Å². The molecule has 8 rings (SSSR count). The number of hydrogen-bond donors (Lipinski definition) is 3. The molecule has 0 atom stereocenters. The van der Waals surface area contributed by atoms with Crippen LogP contribution in [-0.2, 0) is 11.2 Å². The molecule has 0 unspecified atom stereocenters. The van der Waals surface area contributed by atoms with Crippen LogP contribution in [0.1, 0.15) is 92.0 Å². The van der Waals surface area contributed by atoms with Crippen LogP contribution < -0.4 is 0 Å². The summed E-state index contributed by atoms with van der Waals surface area (Å²) in [6.07, 6.45) is 7.99. The monoisotopic (exact) mass is 768 g/mol. The Hall–Kier alpha value is -5.10. The van der Waals surface area contributed by atoms with Gasteiger partial charge < -0.3 is 19.4 Å². The number of aromatic nitrogens is 8. The molecule has 0 radical (unpaired) electrons. The number of H-pyrrole nitrogens is 1. The summed E-state index contributed by atoms with van der Waals surface area (Å²) in [5, 5.41) is 20.4.